The van der Waals surface area contributed by atoms with Gasteiger partial charge < -0.3 is 19.5 Å². The summed E-state index contributed by atoms with van der Waals surface area (Å²) < 4.78 is 5.48. The van der Waals surface area contributed by atoms with E-state index in [-0.39, 0.29) is 19.1 Å². The molecule has 0 aliphatic rings. The van der Waals surface area contributed by atoms with Crippen molar-refractivity contribution in [3.8, 4) is 11.1 Å². The SMILES string of the molecule is Cc1nc2cc(-c3cccc(C(=O)N(C)C[C@H](O)CO)c3)ccc2o1. The van der Waals surface area contributed by atoms with Gasteiger partial charge in [0.1, 0.15) is 5.52 Å². The first-order chi connectivity index (χ1) is 12.0. The summed E-state index contributed by atoms with van der Waals surface area (Å²) in [6.45, 7) is 1.49. The highest BCUT2D eigenvalue weighted by molar-refractivity contribution is 5.95. The number of nitrogens with zero attached hydrogens (tertiary/aromatic N) is 2. The average molecular weight is 340 g/mol. The Bertz CT molecular complexity index is 903. The molecule has 0 unspecified atom stereocenters. The van der Waals surface area contributed by atoms with Crippen LogP contribution in [0, 0.1) is 6.92 Å². The lowest BCUT2D eigenvalue weighted by Gasteiger charge is -2.20. The molecule has 25 heavy (non-hydrogen) atoms. The predicted molar refractivity (Wildman–Crippen MR) is 94.2 cm³/mol. The maximum absolute atomic E-state index is 12.5. The molecule has 2 N–H and O–H groups in total. The third-order valence-electron chi connectivity index (χ3n) is 3.98. The zero-order valence-electron chi connectivity index (χ0n) is 14.1. The number of likely N-dealkylation sites (N-methyl/N-ethyl adjacent to an activating group) is 1. The van der Waals surface area contributed by atoms with Crippen LogP contribution in [0.4, 0.5) is 0 Å². The van der Waals surface area contributed by atoms with Crippen LogP contribution in [0.5, 0.6) is 0 Å². The molecule has 1 atom stereocenters. The highest BCUT2D eigenvalue weighted by Gasteiger charge is 2.16. The number of aryl methyl sites for hydroxylation is 1. The number of hydrogen-bond donors (Lipinski definition) is 2. The van der Waals surface area contributed by atoms with Gasteiger partial charge in [-0.2, -0.15) is 0 Å². The Labute approximate surface area is 145 Å². The Morgan fingerprint density at radius 2 is 2.00 bits per heavy atom. The monoisotopic (exact) mass is 340 g/mol. The molecule has 1 amide bonds. The van der Waals surface area contributed by atoms with E-state index in [1.807, 2.05) is 30.3 Å². The van der Waals surface area contributed by atoms with Crippen molar-refractivity contribution in [3.63, 3.8) is 0 Å². The summed E-state index contributed by atoms with van der Waals surface area (Å²) in [5.41, 5.74) is 3.85. The van der Waals surface area contributed by atoms with Gasteiger partial charge in [0.15, 0.2) is 11.5 Å². The number of fused-ring (bicyclic) bond motifs is 1. The van der Waals surface area contributed by atoms with Crippen LogP contribution in [0.3, 0.4) is 0 Å². The Morgan fingerprint density at radius 3 is 2.76 bits per heavy atom. The van der Waals surface area contributed by atoms with Crippen molar-refractivity contribution in [2.45, 2.75) is 13.0 Å². The molecular weight excluding hydrogens is 320 g/mol. The zero-order valence-corrected chi connectivity index (χ0v) is 14.1. The van der Waals surface area contributed by atoms with Gasteiger partial charge in [-0.1, -0.05) is 18.2 Å². The average Bonchev–Trinajstić information content (AvgIpc) is 3.00. The molecule has 0 fully saturated rings. The van der Waals surface area contributed by atoms with Gasteiger partial charge in [0, 0.05) is 26.1 Å². The summed E-state index contributed by atoms with van der Waals surface area (Å²) in [5, 5.41) is 18.4. The third-order valence-corrected chi connectivity index (χ3v) is 3.98. The number of rotatable bonds is 5. The molecule has 1 aromatic heterocycles. The minimum Gasteiger partial charge on any atom is -0.441 e. The minimum atomic E-state index is -0.949. The van der Waals surface area contributed by atoms with Crippen molar-refractivity contribution in [3.05, 3.63) is 53.9 Å². The van der Waals surface area contributed by atoms with E-state index in [0.29, 0.717) is 11.5 Å². The summed E-state index contributed by atoms with van der Waals surface area (Å²) in [5.74, 6) is 0.396. The minimum absolute atomic E-state index is 0.0732. The summed E-state index contributed by atoms with van der Waals surface area (Å²) in [4.78, 5) is 18.2. The molecule has 3 rings (SSSR count). The van der Waals surface area contributed by atoms with Crippen LogP contribution in [-0.4, -0.2) is 52.3 Å². The van der Waals surface area contributed by atoms with Crippen LogP contribution in [-0.2, 0) is 0 Å². The number of aliphatic hydroxyl groups excluding tert-OH is 2. The number of benzene rings is 2. The van der Waals surface area contributed by atoms with E-state index < -0.39 is 6.10 Å². The lowest BCUT2D eigenvalue weighted by atomic mass is 10.0. The number of amides is 1. The van der Waals surface area contributed by atoms with E-state index in [9.17, 15) is 9.90 Å². The summed E-state index contributed by atoms with van der Waals surface area (Å²) in [6.07, 6.45) is -0.949. The maximum Gasteiger partial charge on any atom is 0.253 e. The first kappa shape index (κ1) is 17.1. The van der Waals surface area contributed by atoms with Crippen molar-refractivity contribution in [1.29, 1.82) is 0 Å². The predicted octanol–water partition coefficient (Wildman–Crippen LogP) is 2.23. The Hall–Kier alpha value is -2.70. The lowest BCUT2D eigenvalue weighted by Crippen LogP contribution is -2.35. The second-order valence-electron chi connectivity index (χ2n) is 6.02. The Balaban J connectivity index is 1.88. The molecule has 3 aromatic rings. The molecule has 2 aromatic carbocycles. The van der Waals surface area contributed by atoms with Gasteiger partial charge >= 0.3 is 0 Å². The van der Waals surface area contributed by atoms with E-state index in [1.54, 1.807) is 26.1 Å². The number of aromatic nitrogens is 1. The van der Waals surface area contributed by atoms with Gasteiger partial charge in [-0.15, -0.1) is 0 Å². The standard InChI is InChI=1S/C19H20N2O4/c1-12-20-17-9-14(6-7-18(17)25-12)13-4-3-5-15(8-13)19(24)21(2)10-16(23)11-22/h3-9,16,22-23H,10-11H2,1-2H3/t16-/m0/s1. The molecule has 1 heterocycles. The van der Waals surface area contributed by atoms with E-state index in [1.165, 1.54) is 4.90 Å². The van der Waals surface area contributed by atoms with Gasteiger partial charge in [-0.05, 0) is 35.4 Å². The lowest BCUT2D eigenvalue weighted by molar-refractivity contribution is 0.0520. The molecule has 0 aliphatic carbocycles. The van der Waals surface area contributed by atoms with Crippen LogP contribution < -0.4 is 0 Å². The number of carbonyl (C=O) groups excluding carboxylic acids is 1. The van der Waals surface area contributed by atoms with Crippen molar-refractivity contribution in [1.82, 2.24) is 9.88 Å². The van der Waals surface area contributed by atoms with E-state index in [2.05, 4.69) is 4.98 Å². The largest absolute Gasteiger partial charge is 0.441 e. The molecule has 6 nitrogen and oxygen atoms in total. The van der Waals surface area contributed by atoms with E-state index in [4.69, 9.17) is 9.52 Å². The van der Waals surface area contributed by atoms with Crippen LogP contribution in [0.25, 0.3) is 22.2 Å². The highest BCUT2D eigenvalue weighted by atomic mass is 16.3. The second-order valence-corrected chi connectivity index (χ2v) is 6.02. The molecule has 0 aliphatic heterocycles. The number of hydrogen-bond acceptors (Lipinski definition) is 5. The summed E-state index contributed by atoms with van der Waals surface area (Å²) >= 11 is 0. The van der Waals surface area contributed by atoms with E-state index in [0.717, 1.165) is 22.2 Å². The van der Waals surface area contributed by atoms with E-state index >= 15 is 0 Å². The van der Waals surface area contributed by atoms with Crippen LogP contribution in [0.15, 0.2) is 46.9 Å². The van der Waals surface area contributed by atoms with Crippen LogP contribution >= 0.6 is 0 Å². The fraction of sp³-hybridized carbons (Fsp3) is 0.263. The molecule has 6 heteroatoms. The van der Waals surface area contributed by atoms with Crippen molar-refractivity contribution < 1.29 is 19.4 Å². The van der Waals surface area contributed by atoms with Crippen LogP contribution in [0.1, 0.15) is 16.2 Å². The Kier molecular flexibility index (Phi) is 4.83. The first-order valence-corrected chi connectivity index (χ1v) is 8.00. The van der Waals surface area contributed by atoms with Gasteiger partial charge in [0.25, 0.3) is 5.91 Å². The molecule has 0 saturated heterocycles. The smallest absolute Gasteiger partial charge is 0.253 e. The number of aliphatic hydroxyl groups is 2. The molecule has 130 valence electrons. The van der Waals surface area contributed by atoms with Gasteiger partial charge in [0.05, 0.1) is 12.7 Å². The van der Waals surface area contributed by atoms with Gasteiger partial charge in [0.2, 0.25) is 0 Å². The summed E-state index contributed by atoms with van der Waals surface area (Å²) in [6, 6.07) is 13.0. The quantitative estimate of drug-likeness (QED) is 0.744. The molecule has 0 saturated carbocycles. The highest BCUT2D eigenvalue weighted by Crippen LogP contribution is 2.25. The molecule has 0 radical (unpaired) electrons. The number of oxazole rings is 1. The fourth-order valence-corrected chi connectivity index (χ4v) is 2.73. The zero-order chi connectivity index (χ0) is 18.0. The fourth-order valence-electron chi connectivity index (χ4n) is 2.73. The van der Waals surface area contributed by atoms with Crippen molar-refractivity contribution in [2.75, 3.05) is 20.2 Å². The third kappa shape index (κ3) is 3.70. The summed E-state index contributed by atoms with van der Waals surface area (Å²) in [7, 11) is 1.60. The maximum atomic E-state index is 12.5. The topological polar surface area (TPSA) is 86.8 Å². The molecule has 0 bridgehead atoms. The van der Waals surface area contributed by atoms with Gasteiger partial charge in [-0.3, -0.25) is 4.79 Å². The van der Waals surface area contributed by atoms with Crippen LogP contribution in [0.2, 0.25) is 0 Å². The molecule has 0 spiro atoms. The normalized spacial score (nSPS) is 12.3. The number of carbonyl (C=O) groups is 1. The Morgan fingerprint density at radius 1 is 1.24 bits per heavy atom. The first-order valence-electron chi connectivity index (χ1n) is 8.00. The van der Waals surface area contributed by atoms with Crippen molar-refractivity contribution >= 4 is 17.0 Å². The van der Waals surface area contributed by atoms with Gasteiger partial charge in [-0.25, -0.2) is 4.98 Å². The molecular formula is C19H20N2O4. The second kappa shape index (κ2) is 7.04. The van der Waals surface area contributed by atoms with Crippen molar-refractivity contribution in [2.24, 2.45) is 0 Å².